The van der Waals surface area contributed by atoms with Crippen molar-refractivity contribution in [1.29, 1.82) is 0 Å². The Balaban J connectivity index is 3.01. The number of nitrogen functional groups attached to an aromatic ring is 1. The van der Waals surface area contributed by atoms with Gasteiger partial charge in [-0.3, -0.25) is 4.79 Å². The van der Waals surface area contributed by atoms with Crippen LogP contribution in [0.3, 0.4) is 0 Å². The lowest BCUT2D eigenvalue weighted by Crippen LogP contribution is -2.40. The van der Waals surface area contributed by atoms with Gasteiger partial charge in [-0.25, -0.2) is 4.39 Å². The van der Waals surface area contributed by atoms with E-state index in [9.17, 15) is 9.18 Å². The van der Waals surface area contributed by atoms with Crippen LogP contribution in [0.2, 0.25) is 0 Å². The average molecular weight is 210 g/mol. The summed E-state index contributed by atoms with van der Waals surface area (Å²) >= 11 is 0. The van der Waals surface area contributed by atoms with Crippen LogP contribution in [0.1, 0.15) is 13.8 Å². The monoisotopic (exact) mass is 210 g/mol. The van der Waals surface area contributed by atoms with Crippen LogP contribution in [0, 0.1) is 0 Å². The molecule has 1 aromatic carbocycles. The van der Waals surface area contributed by atoms with Crippen molar-refractivity contribution in [3.63, 3.8) is 0 Å². The largest absolute Gasteiger partial charge is 0.397 e. The van der Waals surface area contributed by atoms with Gasteiger partial charge >= 0.3 is 0 Å². The first-order valence-electron chi connectivity index (χ1n) is 4.65. The molecule has 0 spiro atoms. The van der Waals surface area contributed by atoms with Crippen LogP contribution in [0.25, 0.3) is 0 Å². The number of nitrogens with zero attached hydrogens (tertiary/aromatic N) is 1. The van der Waals surface area contributed by atoms with Crippen molar-refractivity contribution in [3.8, 4) is 0 Å². The van der Waals surface area contributed by atoms with E-state index in [0.29, 0.717) is 11.4 Å². The number of rotatable bonds is 2. The Morgan fingerprint density at radius 1 is 1.40 bits per heavy atom. The fraction of sp³-hybridized carbons (Fsp3) is 0.364. The zero-order valence-corrected chi connectivity index (χ0v) is 9.12. The Morgan fingerprint density at radius 2 is 1.93 bits per heavy atom. The Bertz CT molecular complexity index is 371. The molecule has 3 nitrogen and oxygen atoms in total. The zero-order chi connectivity index (χ0) is 11.6. The van der Waals surface area contributed by atoms with Crippen molar-refractivity contribution in [2.24, 2.45) is 0 Å². The van der Waals surface area contributed by atoms with Crippen molar-refractivity contribution in [2.45, 2.75) is 19.5 Å². The third-order valence-electron chi connectivity index (χ3n) is 2.11. The second kappa shape index (κ2) is 3.88. The normalized spacial score (nSPS) is 11.2. The van der Waals surface area contributed by atoms with Crippen molar-refractivity contribution < 1.29 is 9.18 Å². The number of nitrogens with two attached hydrogens (primary N) is 1. The van der Waals surface area contributed by atoms with Gasteiger partial charge in [-0.05, 0) is 26.0 Å². The maximum absolute atomic E-state index is 13.4. The lowest BCUT2D eigenvalue weighted by atomic mass is 10.1. The zero-order valence-electron chi connectivity index (χ0n) is 9.12. The molecule has 0 bridgehead atoms. The lowest BCUT2D eigenvalue weighted by molar-refractivity contribution is -0.127. The molecular formula is C11H15FN2O. The minimum Gasteiger partial charge on any atom is -0.397 e. The Morgan fingerprint density at radius 3 is 2.40 bits per heavy atom. The fourth-order valence-electron chi connectivity index (χ4n) is 1.30. The number of alkyl halides is 1. The van der Waals surface area contributed by atoms with Gasteiger partial charge in [0.25, 0.3) is 5.91 Å². The number of hydrogen-bond acceptors (Lipinski definition) is 2. The van der Waals surface area contributed by atoms with Crippen LogP contribution < -0.4 is 10.6 Å². The van der Waals surface area contributed by atoms with Gasteiger partial charge in [0.1, 0.15) is 0 Å². The lowest BCUT2D eigenvalue weighted by Gasteiger charge is -2.24. The molecule has 0 unspecified atom stereocenters. The minimum atomic E-state index is -1.89. The van der Waals surface area contributed by atoms with Gasteiger partial charge in [-0.2, -0.15) is 0 Å². The summed E-state index contributed by atoms with van der Waals surface area (Å²) in [6, 6.07) is 6.86. The maximum atomic E-state index is 13.4. The van der Waals surface area contributed by atoms with E-state index >= 15 is 0 Å². The predicted molar refractivity (Wildman–Crippen MR) is 59.5 cm³/mol. The van der Waals surface area contributed by atoms with Crippen molar-refractivity contribution in [2.75, 3.05) is 17.7 Å². The van der Waals surface area contributed by atoms with E-state index in [4.69, 9.17) is 5.73 Å². The number of amides is 1. The van der Waals surface area contributed by atoms with Crippen molar-refractivity contribution in [1.82, 2.24) is 0 Å². The second-order valence-electron chi connectivity index (χ2n) is 3.90. The van der Waals surface area contributed by atoms with E-state index in [2.05, 4.69) is 0 Å². The van der Waals surface area contributed by atoms with Gasteiger partial charge in [0, 0.05) is 7.05 Å². The molecule has 0 aliphatic carbocycles. The second-order valence-corrected chi connectivity index (χ2v) is 3.90. The highest BCUT2D eigenvalue weighted by Crippen LogP contribution is 2.24. The molecule has 15 heavy (non-hydrogen) atoms. The van der Waals surface area contributed by atoms with Crippen LogP contribution in [0.5, 0.6) is 0 Å². The Kier molecular flexibility index (Phi) is 2.98. The molecule has 0 aromatic heterocycles. The highest BCUT2D eigenvalue weighted by molar-refractivity contribution is 6.00. The summed E-state index contributed by atoms with van der Waals surface area (Å²) in [6.07, 6.45) is 0. The van der Waals surface area contributed by atoms with Gasteiger partial charge in [-0.15, -0.1) is 0 Å². The van der Waals surface area contributed by atoms with E-state index in [1.807, 2.05) is 0 Å². The molecule has 0 radical (unpaired) electrons. The van der Waals surface area contributed by atoms with Crippen molar-refractivity contribution in [3.05, 3.63) is 24.3 Å². The number of para-hydroxylation sites is 2. The predicted octanol–water partition coefficient (Wildman–Crippen LogP) is 1.98. The van der Waals surface area contributed by atoms with Gasteiger partial charge in [0.2, 0.25) is 0 Å². The summed E-state index contributed by atoms with van der Waals surface area (Å²) in [6.45, 7) is 2.45. The standard InChI is InChI=1S/C11H15FN2O/c1-11(2,12)10(15)14(3)9-7-5-4-6-8(9)13/h4-7H,13H2,1-3H3. The summed E-state index contributed by atoms with van der Waals surface area (Å²) in [5, 5.41) is 0. The summed E-state index contributed by atoms with van der Waals surface area (Å²) in [4.78, 5) is 12.8. The molecule has 0 aliphatic rings. The first kappa shape index (κ1) is 11.5. The van der Waals surface area contributed by atoms with Crippen LogP contribution in [-0.2, 0) is 4.79 Å². The molecule has 4 heteroatoms. The fourth-order valence-corrected chi connectivity index (χ4v) is 1.30. The highest BCUT2D eigenvalue weighted by atomic mass is 19.1. The number of carbonyl (C=O) groups is 1. The SMILES string of the molecule is CN(C(=O)C(C)(C)F)c1ccccc1N. The van der Waals surface area contributed by atoms with E-state index < -0.39 is 11.6 Å². The molecule has 0 heterocycles. The summed E-state index contributed by atoms with van der Waals surface area (Å²) in [5.41, 5.74) is 4.77. The smallest absolute Gasteiger partial charge is 0.263 e. The quantitative estimate of drug-likeness (QED) is 0.759. The number of halogens is 1. The van der Waals surface area contributed by atoms with E-state index in [1.165, 1.54) is 25.8 Å². The molecule has 2 N–H and O–H groups in total. The van der Waals surface area contributed by atoms with Crippen LogP contribution >= 0.6 is 0 Å². The first-order valence-corrected chi connectivity index (χ1v) is 4.65. The number of benzene rings is 1. The summed E-state index contributed by atoms with van der Waals surface area (Å²) < 4.78 is 13.4. The van der Waals surface area contributed by atoms with Gasteiger partial charge < -0.3 is 10.6 Å². The van der Waals surface area contributed by atoms with Gasteiger partial charge in [0.15, 0.2) is 5.67 Å². The molecule has 0 saturated carbocycles. The molecular weight excluding hydrogens is 195 g/mol. The molecule has 1 amide bonds. The average Bonchev–Trinajstić information content (AvgIpc) is 2.15. The Labute approximate surface area is 88.7 Å². The third kappa shape index (κ3) is 2.46. The molecule has 0 atom stereocenters. The Hall–Kier alpha value is -1.58. The molecule has 82 valence electrons. The maximum Gasteiger partial charge on any atom is 0.263 e. The molecule has 1 rings (SSSR count). The molecule has 1 aromatic rings. The van der Waals surface area contributed by atoms with E-state index in [-0.39, 0.29) is 0 Å². The first-order chi connectivity index (χ1) is 6.84. The summed E-state index contributed by atoms with van der Waals surface area (Å²) in [7, 11) is 1.51. The van der Waals surface area contributed by atoms with Crippen LogP contribution in [-0.4, -0.2) is 18.6 Å². The summed E-state index contributed by atoms with van der Waals surface area (Å²) in [5.74, 6) is -0.611. The minimum absolute atomic E-state index is 0.456. The highest BCUT2D eigenvalue weighted by Gasteiger charge is 2.30. The number of hydrogen-bond donors (Lipinski definition) is 1. The van der Waals surface area contributed by atoms with Crippen molar-refractivity contribution >= 4 is 17.3 Å². The van der Waals surface area contributed by atoms with Crippen LogP contribution in [0.15, 0.2) is 24.3 Å². The van der Waals surface area contributed by atoms with Gasteiger partial charge in [0.05, 0.1) is 11.4 Å². The number of anilines is 2. The topological polar surface area (TPSA) is 46.3 Å². The van der Waals surface area contributed by atoms with E-state index in [1.54, 1.807) is 24.3 Å². The number of carbonyl (C=O) groups excluding carboxylic acids is 1. The van der Waals surface area contributed by atoms with Gasteiger partial charge in [-0.1, -0.05) is 12.1 Å². The van der Waals surface area contributed by atoms with Crippen LogP contribution in [0.4, 0.5) is 15.8 Å². The third-order valence-corrected chi connectivity index (χ3v) is 2.11. The van der Waals surface area contributed by atoms with E-state index in [0.717, 1.165) is 0 Å². The molecule has 0 saturated heterocycles. The molecule has 0 fully saturated rings. The molecule has 0 aliphatic heterocycles.